The van der Waals surface area contributed by atoms with Crippen molar-refractivity contribution >= 4 is 5.69 Å². The van der Waals surface area contributed by atoms with Crippen LogP contribution in [0.1, 0.15) is 26.2 Å². The standard InChI is InChI=1S/C14H21FN2/c1-2-14-7-4-9-17(14)10-8-16-13-6-3-5-12(15)11-13/h3,5-6,11,14,16H,2,4,7-10H2,1H3. The van der Waals surface area contributed by atoms with E-state index in [-0.39, 0.29) is 5.82 Å². The lowest BCUT2D eigenvalue weighted by molar-refractivity contribution is 0.258. The molecule has 0 amide bonds. The smallest absolute Gasteiger partial charge is 0.125 e. The molecule has 1 unspecified atom stereocenters. The summed E-state index contributed by atoms with van der Waals surface area (Å²) in [5.41, 5.74) is 0.872. The van der Waals surface area contributed by atoms with Gasteiger partial charge in [-0.2, -0.15) is 0 Å². The Morgan fingerprint density at radius 2 is 2.35 bits per heavy atom. The van der Waals surface area contributed by atoms with Crippen LogP contribution in [0, 0.1) is 5.82 Å². The summed E-state index contributed by atoms with van der Waals surface area (Å²) in [5, 5.41) is 3.28. The zero-order valence-electron chi connectivity index (χ0n) is 10.5. The van der Waals surface area contributed by atoms with E-state index in [0.29, 0.717) is 0 Å². The van der Waals surface area contributed by atoms with Crippen LogP contribution in [0.15, 0.2) is 24.3 Å². The molecule has 1 fully saturated rings. The predicted molar refractivity (Wildman–Crippen MR) is 69.8 cm³/mol. The molecule has 1 saturated heterocycles. The van der Waals surface area contributed by atoms with Crippen LogP contribution in [0.25, 0.3) is 0 Å². The maximum Gasteiger partial charge on any atom is 0.125 e. The minimum atomic E-state index is -0.178. The van der Waals surface area contributed by atoms with Crippen LogP contribution >= 0.6 is 0 Å². The Morgan fingerprint density at radius 1 is 1.47 bits per heavy atom. The Labute approximate surface area is 103 Å². The topological polar surface area (TPSA) is 15.3 Å². The van der Waals surface area contributed by atoms with Crippen molar-refractivity contribution in [3.63, 3.8) is 0 Å². The number of anilines is 1. The maximum absolute atomic E-state index is 13.0. The number of halogens is 1. The monoisotopic (exact) mass is 236 g/mol. The van der Waals surface area contributed by atoms with E-state index in [1.165, 1.54) is 31.9 Å². The van der Waals surface area contributed by atoms with E-state index in [1.807, 2.05) is 6.07 Å². The quantitative estimate of drug-likeness (QED) is 0.845. The van der Waals surface area contributed by atoms with Gasteiger partial charge in [0.2, 0.25) is 0 Å². The molecule has 94 valence electrons. The van der Waals surface area contributed by atoms with Crippen LogP contribution in [0.3, 0.4) is 0 Å². The summed E-state index contributed by atoms with van der Waals surface area (Å²) in [6.45, 7) is 5.40. The molecule has 0 radical (unpaired) electrons. The second-order valence-electron chi connectivity index (χ2n) is 4.68. The van der Waals surface area contributed by atoms with Crippen molar-refractivity contribution in [1.82, 2.24) is 4.90 Å². The van der Waals surface area contributed by atoms with E-state index in [0.717, 1.165) is 24.8 Å². The van der Waals surface area contributed by atoms with Crippen molar-refractivity contribution in [3.05, 3.63) is 30.1 Å². The second-order valence-corrected chi connectivity index (χ2v) is 4.68. The number of hydrogen-bond donors (Lipinski definition) is 1. The van der Waals surface area contributed by atoms with Crippen LogP contribution < -0.4 is 5.32 Å². The molecule has 1 heterocycles. The fraction of sp³-hybridized carbons (Fsp3) is 0.571. The van der Waals surface area contributed by atoms with Gasteiger partial charge < -0.3 is 5.32 Å². The Bertz CT molecular complexity index is 354. The SMILES string of the molecule is CCC1CCCN1CCNc1cccc(F)c1. The van der Waals surface area contributed by atoms with Crippen molar-refractivity contribution < 1.29 is 4.39 Å². The average molecular weight is 236 g/mol. The molecule has 17 heavy (non-hydrogen) atoms. The number of nitrogens with one attached hydrogen (secondary N) is 1. The largest absolute Gasteiger partial charge is 0.384 e. The highest BCUT2D eigenvalue weighted by Crippen LogP contribution is 2.19. The minimum Gasteiger partial charge on any atom is -0.384 e. The van der Waals surface area contributed by atoms with Crippen molar-refractivity contribution in [2.45, 2.75) is 32.2 Å². The summed E-state index contributed by atoms with van der Waals surface area (Å²) < 4.78 is 13.0. The molecule has 0 aliphatic carbocycles. The molecule has 1 atom stereocenters. The third-order valence-electron chi connectivity index (χ3n) is 3.52. The van der Waals surface area contributed by atoms with Gasteiger partial charge in [0.25, 0.3) is 0 Å². The summed E-state index contributed by atoms with van der Waals surface area (Å²) in [4.78, 5) is 2.53. The number of nitrogens with zero attached hydrogens (tertiary/aromatic N) is 1. The highest BCUT2D eigenvalue weighted by molar-refractivity contribution is 5.42. The van der Waals surface area contributed by atoms with E-state index >= 15 is 0 Å². The number of rotatable bonds is 5. The van der Waals surface area contributed by atoms with E-state index < -0.39 is 0 Å². The first-order valence-corrected chi connectivity index (χ1v) is 6.53. The van der Waals surface area contributed by atoms with Gasteiger partial charge in [-0.25, -0.2) is 4.39 Å². The van der Waals surface area contributed by atoms with Gasteiger partial charge in [-0.05, 0) is 44.0 Å². The lowest BCUT2D eigenvalue weighted by Crippen LogP contribution is -2.33. The number of hydrogen-bond acceptors (Lipinski definition) is 2. The summed E-state index contributed by atoms with van der Waals surface area (Å²) in [6, 6.07) is 7.41. The van der Waals surface area contributed by atoms with Gasteiger partial charge in [0.1, 0.15) is 5.82 Å². The lowest BCUT2D eigenvalue weighted by atomic mass is 10.2. The molecule has 0 bridgehead atoms. The van der Waals surface area contributed by atoms with Gasteiger partial charge in [-0.15, -0.1) is 0 Å². The van der Waals surface area contributed by atoms with E-state index in [4.69, 9.17) is 0 Å². The normalized spacial score (nSPS) is 20.7. The zero-order valence-corrected chi connectivity index (χ0v) is 10.5. The second kappa shape index (κ2) is 6.01. The van der Waals surface area contributed by atoms with E-state index in [1.54, 1.807) is 12.1 Å². The maximum atomic E-state index is 13.0. The van der Waals surface area contributed by atoms with E-state index in [9.17, 15) is 4.39 Å². The summed E-state index contributed by atoms with van der Waals surface area (Å²) in [6.07, 6.45) is 3.88. The molecule has 2 rings (SSSR count). The Balaban J connectivity index is 1.76. The van der Waals surface area contributed by atoms with Crippen LogP contribution in [-0.2, 0) is 0 Å². The Morgan fingerprint density at radius 3 is 3.12 bits per heavy atom. The first-order valence-electron chi connectivity index (χ1n) is 6.53. The number of likely N-dealkylation sites (tertiary alicyclic amines) is 1. The summed E-state index contributed by atoms with van der Waals surface area (Å²) in [5.74, 6) is -0.178. The molecule has 1 aromatic rings. The van der Waals surface area contributed by atoms with Crippen LogP contribution in [0.2, 0.25) is 0 Å². The fourth-order valence-electron chi connectivity index (χ4n) is 2.59. The Kier molecular flexibility index (Phi) is 4.37. The Hall–Kier alpha value is -1.09. The molecule has 0 saturated carbocycles. The molecule has 1 N–H and O–H groups in total. The summed E-state index contributed by atoms with van der Waals surface area (Å²) in [7, 11) is 0. The first-order chi connectivity index (χ1) is 8.29. The van der Waals surface area contributed by atoms with Gasteiger partial charge in [-0.1, -0.05) is 13.0 Å². The van der Waals surface area contributed by atoms with Gasteiger partial charge in [0, 0.05) is 24.8 Å². The summed E-state index contributed by atoms with van der Waals surface area (Å²) >= 11 is 0. The fourth-order valence-corrected chi connectivity index (χ4v) is 2.59. The minimum absolute atomic E-state index is 0.178. The molecule has 1 aliphatic rings. The molecule has 2 nitrogen and oxygen atoms in total. The van der Waals surface area contributed by atoms with E-state index in [2.05, 4.69) is 17.1 Å². The highest BCUT2D eigenvalue weighted by atomic mass is 19.1. The van der Waals surface area contributed by atoms with Crippen molar-refractivity contribution in [2.24, 2.45) is 0 Å². The highest BCUT2D eigenvalue weighted by Gasteiger charge is 2.21. The third-order valence-corrected chi connectivity index (χ3v) is 3.52. The average Bonchev–Trinajstić information content (AvgIpc) is 2.77. The molecule has 0 spiro atoms. The molecule has 1 aromatic carbocycles. The van der Waals surface area contributed by atoms with Gasteiger partial charge in [0.05, 0.1) is 0 Å². The van der Waals surface area contributed by atoms with Gasteiger partial charge >= 0.3 is 0 Å². The molecular weight excluding hydrogens is 215 g/mol. The van der Waals surface area contributed by atoms with Crippen molar-refractivity contribution in [1.29, 1.82) is 0 Å². The van der Waals surface area contributed by atoms with Crippen molar-refractivity contribution in [3.8, 4) is 0 Å². The van der Waals surface area contributed by atoms with Gasteiger partial charge in [0.15, 0.2) is 0 Å². The predicted octanol–water partition coefficient (Wildman–Crippen LogP) is 3.11. The molecule has 0 aromatic heterocycles. The number of benzene rings is 1. The molecular formula is C14H21FN2. The van der Waals surface area contributed by atoms with Gasteiger partial charge in [-0.3, -0.25) is 4.90 Å². The van der Waals surface area contributed by atoms with Crippen LogP contribution in [0.5, 0.6) is 0 Å². The first kappa shape index (κ1) is 12.4. The lowest BCUT2D eigenvalue weighted by Gasteiger charge is -2.23. The molecule has 3 heteroatoms. The third kappa shape index (κ3) is 3.43. The van der Waals surface area contributed by atoms with Crippen LogP contribution in [-0.4, -0.2) is 30.6 Å². The van der Waals surface area contributed by atoms with Crippen molar-refractivity contribution in [2.75, 3.05) is 25.0 Å². The van der Waals surface area contributed by atoms with Crippen LogP contribution in [0.4, 0.5) is 10.1 Å². The zero-order chi connectivity index (χ0) is 12.1. The molecule has 1 aliphatic heterocycles.